The van der Waals surface area contributed by atoms with Crippen LogP contribution in [0.2, 0.25) is 10.0 Å². The van der Waals surface area contributed by atoms with Crippen molar-refractivity contribution in [2.45, 2.75) is 43.0 Å². The van der Waals surface area contributed by atoms with Crippen molar-refractivity contribution >= 4 is 50.7 Å². The predicted octanol–water partition coefficient (Wildman–Crippen LogP) is 6.39. The number of nitrogens with zero attached hydrogens (tertiary/aromatic N) is 2. The van der Waals surface area contributed by atoms with Gasteiger partial charge >= 0.3 is 0 Å². The lowest BCUT2D eigenvalue weighted by molar-refractivity contribution is -0.534. The van der Waals surface area contributed by atoms with Gasteiger partial charge < -0.3 is 10.1 Å². The van der Waals surface area contributed by atoms with Gasteiger partial charge in [0.05, 0.1) is 5.92 Å². The van der Waals surface area contributed by atoms with Gasteiger partial charge in [-0.25, -0.2) is 0 Å². The molecule has 3 heterocycles. The molecule has 0 unspecified atom stereocenters. The number of carbonyl (C=O) groups excluding carboxylic acids is 1. The third kappa shape index (κ3) is 3.76. The predicted molar refractivity (Wildman–Crippen MR) is 145 cm³/mol. The third-order valence-electron chi connectivity index (χ3n) is 7.82. The Kier molecular flexibility index (Phi) is 6.18. The maximum atomic E-state index is 13.7. The Balaban J connectivity index is 1.47. The Morgan fingerprint density at radius 2 is 1.97 bits per heavy atom. The second-order valence-corrected chi connectivity index (χ2v) is 11.4. The highest BCUT2D eigenvalue weighted by Gasteiger charge is 2.73. The lowest BCUT2D eigenvalue weighted by Crippen LogP contribution is -2.55. The van der Waals surface area contributed by atoms with Crippen LogP contribution >= 0.6 is 39.1 Å². The van der Waals surface area contributed by atoms with Crippen molar-refractivity contribution < 1.29 is 14.5 Å². The van der Waals surface area contributed by atoms with E-state index in [1.54, 1.807) is 24.3 Å². The molecule has 190 valence electrons. The second-order valence-electron chi connectivity index (χ2n) is 9.63. The fraction of sp³-hybridized carbons (Fsp3) is 0.296. The van der Waals surface area contributed by atoms with Crippen molar-refractivity contribution in [1.29, 1.82) is 0 Å². The molecule has 0 bridgehead atoms. The molecular weight excluding hydrogens is 581 g/mol. The number of amides is 1. The summed E-state index contributed by atoms with van der Waals surface area (Å²) in [7, 11) is 0. The fourth-order valence-electron chi connectivity index (χ4n) is 6.45. The van der Waals surface area contributed by atoms with E-state index in [1.165, 1.54) is 0 Å². The molecule has 10 heteroatoms. The summed E-state index contributed by atoms with van der Waals surface area (Å²) in [6, 6.07) is 16.6. The number of nitro groups is 1. The zero-order chi connectivity index (χ0) is 25.9. The van der Waals surface area contributed by atoms with E-state index in [9.17, 15) is 14.9 Å². The molecule has 2 saturated heterocycles. The lowest BCUT2D eigenvalue weighted by atomic mass is 9.77. The average molecular weight is 603 g/mol. The zero-order valence-corrected chi connectivity index (χ0v) is 22.6. The molecule has 3 aliphatic heterocycles. The van der Waals surface area contributed by atoms with Gasteiger partial charge in [0.1, 0.15) is 12.4 Å². The maximum Gasteiger partial charge on any atom is 0.256 e. The number of para-hydroxylation sites is 1. The van der Waals surface area contributed by atoms with Crippen LogP contribution < -0.4 is 10.1 Å². The highest BCUT2D eigenvalue weighted by atomic mass is 79.9. The van der Waals surface area contributed by atoms with Gasteiger partial charge in [0, 0.05) is 54.4 Å². The minimum Gasteiger partial charge on any atom is -0.489 e. The molecule has 1 N–H and O–H groups in total. The molecular formula is C27H22BrCl2N3O4. The van der Waals surface area contributed by atoms with E-state index in [-0.39, 0.29) is 23.5 Å². The Hall–Kier alpha value is -2.65. The first-order chi connectivity index (χ1) is 17.8. The SMILES string of the molecule is O=C1Nc2ccccc2[C@]12[C@H]([N+](=O)[O-])[C@@H](c1cc(Br)ccc1OCc1ccc(Cl)cc1Cl)[C@@H]1CCCN12. The summed E-state index contributed by atoms with van der Waals surface area (Å²) >= 11 is 15.9. The number of halogens is 3. The van der Waals surface area contributed by atoms with Crippen LogP contribution in [0.5, 0.6) is 5.75 Å². The van der Waals surface area contributed by atoms with Gasteiger partial charge in [-0.2, -0.15) is 0 Å². The van der Waals surface area contributed by atoms with Crippen molar-refractivity contribution in [3.63, 3.8) is 0 Å². The zero-order valence-electron chi connectivity index (χ0n) is 19.5. The highest BCUT2D eigenvalue weighted by Crippen LogP contribution is 2.59. The van der Waals surface area contributed by atoms with Gasteiger partial charge in [0.25, 0.3) is 11.9 Å². The lowest BCUT2D eigenvalue weighted by Gasteiger charge is -2.32. The van der Waals surface area contributed by atoms with Crippen LogP contribution in [-0.4, -0.2) is 34.4 Å². The summed E-state index contributed by atoms with van der Waals surface area (Å²) in [6.45, 7) is 0.779. The number of ether oxygens (including phenoxy) is 1. The molecule has 4 atom stereocenters. The topological polar surface area (TPSA) is 84.7 Å². The van der Waals surface area contributed by atoms with Crippen LogP contribution in [0.4, 0.5) is 5.69 Å². The van der Waals surface area contributed by atoms with Crippen molar-refractivity contribution in [2.24, 2.45) is 0 Å². The van der Waals surface area contributed by atoms with Gasteiger partial charge in [0.2, 0.25) is 0 Å². The third-order valence-corrected chi connectivity index (χ3v) is 8.90. The Bertz CT molecular complexity index is 1440. The fourth-order valence-corrected chi connectivity index (χ4v) is 7.30. The van der Waals surface area contributed by atoms with Crippen molar-refractivity contribution in [1.82, 2.24) is 4.90 Å². The van der Waals surface area contributed by atoms with E-state index in [0.29, 0.717) is 39.2 Å². The Morgan fingerprint density at radius 1 is 1.16 bits per heavy atom. The summed E-state index contributed by atoms with van der Waals surface area (Å²) in [5.74, 6) is -0.375. The molecule has 1 spiro atoms. The minimum atomic E-state index is -1.38. The van der Waals surface area contributed by atoms with Crippen LogP contribution in [0.3, 0.4) is 0 Å². The summed E-state index contributed by atoms with van der Waals surface area (Å²) in [5.41, 5.74) is 1.37. The number of hydrogen-bond donors (Lipinski definition) is 1. The van der Waals surface area contributed by atoms with E-state index >= 15 is 0 Å². The molecule has 0 radical (unpaired) electrons. The minimum absolute atomic E-state index is 0.170. The van der Waals surface area contributed by atoms with Crippen molar-refractivity contribution in [3.8, 4) is 5.75 Å². The second kappa shape index (κ2) is 9.27. The van der Waals surface area contributed by atoms with Crippen LogP contribution in [0, 0.1) is 10.1 Å². The summed E-state index contributed by atoms with van der Waals surface area (Å²) in [5, 5.41) is 16.8. The number of carbonyl (C=O) groups is 1. The van der Waals surface area contributed by atoms with E-state index in [1.807, 2.05) is 36.4 Å². The summed E-state index contributed by atoms with van der Waals surface area (Å²) in [4.78, 5) is 28.4. The number of anilines is 1. The number of nitrogens with one attached hydrogen (secondary N) is 1. The molecule has 3 aromatic carbocycles. The molecule has 3 aromatic rings. The Morgan fingerprint density at radius 3 is 2.76 bits per heavy atom. The largest absolute Gasteiger partial charge is 0.489 e. The average Bonchev–Trinajstić information content (AvgIpc) is 3.52. The van der Waals surface area contributed by atoms with E-state index in [2.05, 4.69) is 26.1 Å². The van der Waals surface area contributed by atoms with E-state index in [4.69, 9.17) is 27.9 Å². The molecule has 37 heavy (non-hydrogen) atoms. The van der Waals surface area contributed by atoms with Gasteiger partial charge in [-0.1, -0.05) is 63.4 Å². The summed E-state index contributed by atoms with van der Waals surface area (Å²) in [6.07, 6.45) is 1.61. The molecule has 6 rings (SSSR count). The molecule has 3 aliphatic rings. The number of benzene rings is 3. The van der Waals surface area contributed by atoms with Crippen molar-refractivity contribution in [2.75, 3.05) is 11.9 Å². The highest BCUT2D eigenvalue weighted by molar-refractivity contribution is 9.10. The molecule has 7 nitrogen and oxygen atoms in total. The van der Waals surface area contributed by atoms with Crippen LogP contribution in [0.15, 0.2) is 65.1 Å². The first-order valence-corrected chi connectivity index (χ1v) is 13.5. The molecule has 0 saturated carbocycles. The quantitative estimate of drug-likeness (QED) is 0.270. The molecule has 2 fully saturated rings. The van der Waals surface area contributed by atoms with Gasteiger partial charge in [-0.05, 0) is 49.2 Å². The van der Waals surface area contributed by atoms with Crippen LogP contribution in [-0.2, 0) is 16.9 Å². The smallest absolute Gasteiger partial charge is 0.256 e. The molecule has 1 amide bonds. The van der Waals surface area contributed by atoms with E-state index in [0.717, 1.165) is 22.9 Å². The van der Waals surface area contributed by atoms with E-state index < -0.39 is 17.5 Å². The molecule has 0 aliphatic carbocycles. The van der Waals surface area contributed by atoms with Crippen molar-refractivity contribution in [3.05, 3.63) is 102 Å². The van der Waals surface area contributed by atoms with Crippen LogP contribution in [0.25, 0.3) is 0 Å². The number of hydrogen-bond acceptors (Lipinski definition) is 5. The first kappa shape index (κ1) is 24.7. The number of rotatable bonds is 5. The Labute approximate surface area is 232 Å². The monoisotopic (exact) mass is 601 g/mol. The van der Waals surface area contributed by atoms with Gasteiger partial charge in [-0.15, -0.1) is 0 Å². The van der Waals surface area contributed by atoms with Crippen LogP contribution in [0.1, 0.15) is 35.4 Å². The van der Waals surface area contributed by atoms with Gasteiger partial charge in [0.15, 0.2) is 5.54 Å². The normalized spacial score (nSPS) is 26.2. The maximum absolute atomic E-state index is 13.7. The summed E-state index contributed by atoms with van der Waals surface area (Å²) < 4.78 is 7.03. The number of fused-ring (bicyclic) bond motifs is 4. The molecule has 0 aromatic heterocycles. The van der Waals surface area contributed by atoms with Gasteiger partial charge in [-0.3, -0.25) is 19.8 Å². The first-order valence-electron chi connectivity index (χ1n) is 12.0. The standard InChI is InChI=1S/C27H22BrCl2N3O4/c28-16-8-10-23(37-14-15-7-9-17(29)13-20(15)30)18(12-16)24-22-6-3-11-32(22)27(25(24)33(35)36)19-4-1-2-5-21(19)31-26(27)34/h1-2,4-5,7-10,12-13,22,24-25H,3,6,11,14H2,(H,31,34)/t22-,24-,25+,27-/m0/s1.